The van der Waals surface area contributed by atoms with E-state index in [9.17, 15) is 19.2 Å². The zero-order chi connectivity index (χ0) is 31.7. The van der Waals surface area contributed by atoms with Gasteiger partial charge in [-0.3, -0.25) is 9.59 Å². The van der Waals surface area contributed by atoms with Gasteiger partial charge in [0.25, 0.3) is 0 Å². The Morgan fingerprint density at radius 1 is 0.707 bits per heavy atom. The van der Waals surface area contributed by atoms with Crippen LogP contribution in [0.3, 0.4) is 0 Å². The van der Waals surface area contributed by atoms with Gasteiger partial charge in [0.2, 0.25) is 6.79 Å². The average molecular weight is 593 g/mol. The number of alkyl carbamates (subject to hydrolysis) is 2. The van der Waals surface area contributed by atoms with Gasteiger partial charge < -0.3 is 39.1 Å². The summed E-state index contributed by atoms with van der Waals surface area (Å²) in [5, 5.41) is 4.72. The van der Waals surface area contributed by atoms with Crippen molar-refractivity contribution in [2.45, 2.75) is 118 Å². The number of hydrogen-bond acceptors (Lipinski definition) is 10. The molecule has 242 valence electrons. The summed E-state index contributed by atoms with van der Waals surface area (Å²) in [5.74, 6) is -0.617. The molecule has 0 rings (SSSR count). The first-order valence-electron chi connectivity index (χ1n) is 14.3. The number of esters is 2. The lowest BCUT2D eigenvalue weighted by Gasteiger charge is -2.19. The Hall–Kier alpha value is -2.60. The Bertz CT molecular complexity index is 717. The first-order valence-corrected chi connectivity index (χ1v) is 14.3. The van der Waals surface area contributed by atoms with E-state index >= 15 is 0 Å². The second-order valence-corrected chi connectivity index (χ2v) is 11.8. The average Bonchev–Trinajstić information content (AvgIpc) is 2.85. The Morgan fingerprint density at radius 3 is 1.73 bits per heavy atom. The lowest BCUT2D eigenvalue weighted by molar-refractivity contribution is -0.167. The number of nitrogens with one attached hydrogen (secondary N) is 2. The van der Waals surface area contributed by atoms with Crippen molar-refractivity contribution in [2.24, 2.45) is 5.41 Å². The summed E-state index contributed by atoms with van der Waals surface area (Å²) in [6.45, 7) is 14.2. The molecular weight excluding hydrogens is 536 g/mol. The van der Waals surface area contributed by atoms with Crippen LogP contribution in [0.2, 0.25) is 0 Å². The third-order valence-electron chi connectivity index (χ3n) is 5.19. The maximum Gasteiger partial charge on any atom is 0.409 e. The Balaban J connectivity index is 0. The van der Waals surface area contributed by atoms with Crippen molar-refractivity contribution in [3.63, 3.8) is 0 Å². The van der Waals surface area contributed by atoms with Crippen LogP contribution in [-0.2, 0) is 38.0 Å². The van der Waals surface area contributed by atoms with Crippen LogP contribution in [0, 0.1) is 5.41 Å². The monoisotopic (exact) mass is 592 g/mol. The SMILES string of the molecule is COC(C)COC(=O)NCNC(=O)OC(C)(C)C.COCCCCCC(=O)OCOC(=O)CCCCCC(C)(C)C. The summed E-state index contributed by atoms with van der Waals surface area (Å²) in [6, 6.07) is 0. The second-order valence-electron chi connectivity index (χ2n) is 11.8. The molecule has 1 unspecified atom stereocenters. The maximum absolute atomic E-state index is 11.5. The molecule has 12 heteroatoms. The molecule has 41 heavy (non-hydrogen) atoms. The fourth-order valence-corrected chi connectivity index (χ4v) is 2.91. The third-order valence-corrected chi connectivity index (χ3v) is 5.19. The zero-order valence-electron chi connectivity index (χ0n) is 26.9. The minimum absolute atomic E-state index is 0.0604. The fraction of sp³-hybridized carbons (Fsp3) is 0.862. The molecule has 0 aliphatic heterocycles. The summed E-state index contributed by atoms with van der Waals surface area (Å²) >= 11 is 0. The van der Waals surface area contributed by atoms with E-state index < -0.39 is 17.8 Å². The Labute approximate surface area is 246 Å². The molecular formula is C29H56N2O10. The van der Waals surface area contributed by atoms with Gasteiger partial charge in [0.15, 0.2) is 0 Å². The van der Waals surface area contributed by atoms with Crippen LogP contribution in [0.15, 0.2) is 0 Å². The largest absolute Gasteiger partial charge is 0.447 e. The summed E-state index contributed by atoms with van der Waals surface area (Å²) in [5.41, 5.74) is -0.225. The zero-order valence-corrected chi connectivity index (χ0v) is 26.9. The van der Waals surface area contributed by atoms with Crippen molar-refractivity contribution in [3.05, 3.63) is 0 Å². The number of unbranched alkanes of at least 4 members (excludes halogenated alkanes) is 4. The molecule has 0 aliphatic carbocycles. The molecule has 1 atom stereocenters. The van der Waals surface area contributed by atoms with Gasteiger partial charge in [0.1, 0.15) is 12.2 Å². The molecule has 0 aromatic carbocycles. The summed E-state index contributed by atoms with van der Waals surface area (Å²) in [4.78, 5) is 45.3. The minimum Gasteiger partial charge on any atom is -0.447 e. The van der Waals surface area contributed by atoms with E-state index in [1.165, 1.54) is 7.11 Å². The predicted molar refractivity (Wildman–Crippen MR) is 155 cm³/mol. The van der Waals surface area contributed by atoms with Gasteiger partial charge in [-0.25, -0.2) is 9.59 Å². The van der Waals surface area contributed by atoms with E-state index in [0.29, 0.717) is 24.9 Å². The number of methoxy groups -OCH3 is 2. The molecule has 0 aromatic rings. The van der Waals surface area contributed by atoms with E-state index in [2.05, 4.69) is 31.4 Å². The van der Waals surface area contributed by atoms with Crippen molar-refractivity contribution < 1.29 is 47.6 Å². The van der Waals surface area contributed by atoms with Crippen molar-refractivity contribution in [1.29, 1.82) is 0 Å². The first-order chi connectivity index (χ1) is 19.1. The van der Waals surface area contributed by atoms with Crippen LogP contribution in [-0.4, -0.2) is 76.7 Å². The number of carbonyl (C=O) groups is 4. The molecule has 0 bridgehead atoms. The quantitative estimate of drug-likeness (QED) is 0.0909. The van der Waals surface area contributed by atoms with Gasteiger partial charge in [-0.2, -0.15) is 0 Å². The first kappa shape index (κ1) is 40.5. The van der Waals surface area contributed by atoms with Crippen LogP contribution >= 0.6 is 0 Å². The van der Waals surface area contributed by atoms with Crippen molar-refractivity contribution in [1.82, 2.24) is 10.6 Å². The van der Waals surface area contributed by atoms with Crippen LogP contribution < -0.4 is 10.6 Å². The van der Waals surface area contributed by atoms with Gasteiger partial charge in [0.05, 0.1) is 12.8 Å². The second kappa shape index (κ2) is 24.0. The molecule has 2 N–H and O–H groups in total. The normalized spacial score (nSPS) is 11.8. The van der Waals surface area contributed by atoms with Gasteiger partial charge in [-0.15, -0.1) is 0 Å². The van der Waals surface area contributed by atoms with Gasteiger partial charge in [-0.05, 0) is 58.8 Å². The molecule has 12 nitrogen and oxygen atoms in total. The maximum atomic E-state index is 11.5. The van der Waals surface area contributed by atoms with Gasteiger partial charge >= 0.3 is 24.1 Å². The number of amides is 2. The fourth-order valence-electron chi connectivity index (χ4n) is 2.91. The van der Waals surface area contributed by atoms with E-state index in [4.69, 9.17) is 28.4 Å². The Morgan fingerprint density at radius 2 is 1.24 bits per heavy atom. The highest BCUT2D eigenvalue weighted by Crippen LogP contribution is 2.22. The van der Waals surface area contributed by atoms with E-state index in [-0.39, 0.29) is 38.1 Å². The molecule has 0 aliphatic rings. The van der Waals surface area contributed by atoms with Crippen molar-refractivity contribution in [3.8, 4) is 0 Å². The molecule has 0 saturated heterocycles. The van der Waals surface area contributed by atoms with E-state index in [0.717, 1.165) is 44.9 Å². The lowest BCUT2D eigenvalue weighted by atomic mass is 9.89. The molecule has 0 radical (unpaired) electrons. The van der Waals surface area contributed by atoms with Crippen LogP contribution in [0.1, 0.15) is 106 Å². The number of hydrogen-bond donors (Lipinski definition) is 2. The van der Waals surface area contributed by atoms with Crippen LogP contribution in [0.25, 0.3) is 0 Å². The molecule has 0 aromatic heterocycles. The predicted octanol–water partition coefficient (Wildman–Crippen LogP) is 5.46. The highest BCUT2D eigenvalue weighted by atomic mass is 16.7. The number of rotatable bonds is 18. The van der Waals surface area contributed by atoms with Crippen LogP contribution in [0.5, 0.6) is 0 Å². The van der Waals surface area contributed by atoms with E-state index in [1.807, 2.05) is 0 Å². The Kier molecular flexibility index (Phi) is 23.8. The number of carbonyl (C=O) groups excluding carboxylic acids is 4. The van der Waals surface area contributed by atoms with Gasteiger partial charge in [-0.1, -0.05) is 40.0 Å². The summed E-state index contributed by atoms with van der Waals surface area (Å²) in [6.07, 6.45) is 6.09. The lowest BCUT2D eigenvalue weighted by Crippen LogP contribution is -2.40. The molecule has 0 heterocycles. The standard InChI is InChI=1S/C18H34O5.C11H22N2O5/c1-18(2,3)13-9-5-7-11-16(19)22-15-23-17(20)12-8-6-10-14-21-4;1-8(16-5)6-17-9(14)12-7-13-10(15)18-11(2,3)4/h5-15H2,1-4H3;8H,6-7H2,1-5H3,(H,12,14)(H,13,15). The van der Waals surface area contributed by atoms with Crippen molar-refractivity contribution >= 4 is 24.1 Å². The summed E-state index contributed by atoms with van der Waals surface area (Å²) in [7, 11) is 3.18. The summed E-state index contributed by atoms with van der Waals surface area (Å²) < 4.78 is 29.4. The molecule has 0 saturated carbocycles. The number of ether oxygens (including phenoxy) is 6. The molecule has 0 fully saturated rings. The minimum atomic E-state index is -0.630. The topological polar surface area (TPSA) is 148 Å². The van der Waals surface area contributed by atoms with E-state index in [1.54, 1.807) is 34.8 Å². The smallest absolute Gasteiger partial charge is 0.409 e. The highest BCUT2D eigenvalue weighted by Gasteiger charge is 2.16. The van der Waals surface area contributed by atoms with Crippen LogP contribution in [0.4, 0.5) is 9.59 Å². The third kappa shape index (κ3) is 33.5. The highest BCUT2D eigenvalue weighted by molar-refractivity contribution is 5.71. The molecule has 2 amide bonds. The van der Waals surface area contributed by atoms with Gasteiger partial charge in [0, 0.05) is 33.7 Å². The van der Waals surface area contributed by atoms with Crippen molar-refractivity contribution in [2.75, 3.05) is 40.9 Å². The molecule has 0 spiro atoms.